The van der Waals surface area contributed by atoms with Crippen molar-refractivity contribution in [3.63, 3.8) is 0 Å². The van der Waals surface area contributed by atoms with Crippen LogP contribution in [0, 0.1) is 17.8 Å². The zero-order chi connectivity index (χ0) is 37.5. The summed E-state index contributed by atoms with van der Waals surface area (Å²) in [5, 5.41) is 0.444. The molecule has 290 valence electrons. The molecule has 3 heterocycles. The van der Waals surface area contributed by atoms with Crippen LogP contribution in [0.1, 0.15) is 88.2 Å². The van der Waals surface area contributed by atoms with E-state index in [4.69, 9.17) is 21.1 Å². The van der Waals surface area contributed by atoms with Crippen molar-refractivity contribution in [2.45, 2.75) is 95.5 Å². The van der Waals surface area contributed by atoms with E-state index in [0.717, 1.165) is 101 Å². The number of ether oxygens (including phenoxy) is 2. The summed E-state index contributed by atoms with van der Waals surface area (Å²) in [4.78, 5) is 21.5. The van der Waals surface area contributed by atoms with Gasteiger partial charge in [0.2, 0.25) is 0 Å². The Balaban J connectivity index is 1.30. The molecule has 0 radical (unpaired) electrons. The predicted molar refractivity (Wildman–Crippen MR) is 219 cm³/mol. The van der Waals surface area contributed by atoms with Crippen LogP contribution in [0.2, 0.25) is 5.02 Å². The lowest BCUT2D eigenvalue weighted by molar-refractivity contribution is -0.113. The number of aryl methyl sites for hydroxylation is 1. The van der Waals surface area contributed by atoms with Gasteiger partial charge in [-0.2, -0.15) is 0 Å². The largest absolute Gasteiger partial charge is 0.490 e. The van der Waals surface area contributed by atoms with E-state index in [0.29, 0.717) is 36.7 Å². The number of amides is 1. The Bertz CT molecular complexity index is 1790. The standard InChI is InChI=1S/C43H61ClN4O4S/c1-7-52-43(28-46-20-22-47(23-21-46)30(2)3)19-8-10-31(4)32(5)53(6,50)45-41(49)34-13-17-40-39(25-34)48(26-35-12-15-38(35)43)27-42(29-51-40)18-9-11-33-24-36(44)14-16-37(33)42/h8,13-14,16-17,19,24-25,30-32,35,38H,6-7,9-12,15,18,20-23,26-29H2,1-5H3,(H,45,49,50)/b19-8+/t31-,32+,35-,38+,42-,43-,53?/m0/s1. The van der Waals surface area contributed by atoms with Crippen LogP contribution in [0.3, 0.4) is 0 Å². The van der Waals surface area contributed by atoms with Crippen LogP contribution in [0.25, 0.3) is 0 Å². The lowest BCUT2D eigenvalue weighted by Gasteiger charge is -2.52. The topological polar surface area (TPSA) is 74.4 Å². The van der Waals surface area contributed by atoms with E-state index >= 15 is 0 Å². The number of benzene rings is 2. The maximum absolute atomic E-state index is 14.1. The van der Waals surface area contributed by atoms with Gasteiger partial charge >= 0.3 is 0 Å². The number of anilines is 1. The third-order valence-electron chi connectivity index (χ3n) is 13.4. The van der Waals surface area contributed by atoms with Gasteiger partial charge in [0.25, 0.3) is 5.91 Å². The zero-order valence-electron chi connectivity index (χ0n) is 32.6. The molecule has 10 heteroatoms. The molecule has 2 aliphatic carbocycles. The zero-order valence-corrected chi connectivity index (χ0v) is 34.2. The molecule has 7 rings (SSSR count). The van der Waals surface area contributed by atoms with Crippen LogP contribution in [0.5, 0.6) is 5.75 Å². The summed E-state index contributed by atoms with van der Waals surface area (Å²) >= 11 is 6.53. The number of carbonyl (C=O) groups is 1. The minimum Gasteiger partial charge on any atom is -0.490 e. The van der Waals surface area contributed by atoms with E-state index in [-0.39, 0.29) is 22.5 Å². The fraction of sp³-hybridized carbons (Fsp3) is 0.628. The highest BCUT2D eigenvalue weighted by Crippen LogP contribution is 2.49. The fourth-order valence-corrected chi connectivity index (χ4v) is 11.6. The number of allylic oxidation sites excluding steroid dienone is 1. The Morgan fingerprint density at radius 1 is 1.11 bits per heavy atom. The molecule has 53 heavy (non-hydrogen) atoms. The third-order valence-corrected chi connectivity index (χ3v) is 15.8. The molecule has 1 saturated heterocycles. The predicted octanol–water partition coefficient (Wildman–Crippen LogP) is 6.99. The number of rotatable bonds is 5. The van der Waals surface area contributed by atoms with Crippen molar-refractivity contribution in [2.24, 2.45) is 17.8 Å². The van der Waals surface area contributed by atoms with Gasteiger partial charge in [-0.1, -0.05) is 36.7 Å². The molecular formula is C43H61ClN4O4S. The van der Waals surface area contributed by atoms with Crippen LogP contribution >= 0.6 is 11.6 Å². The number of fused-ring (bicyclic) bond motifs is 4. The van der Waals surface area contributed by atoms with Gasteiger partial charge in [-0.3, -0.25) is 19.3 Å². The lowest BCUT2D eigenvalue weighted by Crippen LogP contribution is -2.59. The SMILES string of the molecule is C=S1(=O)NC(=O)c2ccc3c(c2)N(C[C@@H]2CC[C@H]2[C@](CN2CCN(C(C)C)CC2)(OCC)/C=C/C[C@H](C)[C@H]1C)C[C@@]1(CCCc2cc(Cl)ccc21)CO3. The van der Waals surface area contributed by atoms with Crippen molar-refractivity contribution in [2.75, 3.05) is 63.9 Å². The molecule has 5 aliphatic rings. The van der Waals surface area contributed by atoms with Crippen LogP contribution in [0.4, 0.5) is 5.69 Å². The molecule has 3 aliphatic heterocycles. The van der Waals surface area contributed by atoms with Gasteiger partial charge in [0.1, 0.15) is 11.4 Å². The van der Waals surface area contributed by atoms with Crippen molar-refractivity contribution >= 4 is 38.8 Å². The average molecular weight is 766 g/mol. The summed E-state index contributed by atoms with van der Waals surface area (Å²) < 4.78 is 30.7. The monoisotopic (exact) mass is 764 g/mol. The number of piperazine rings is 1. The van der Waals surface area contributed by atoms with Crippen LogP contribution in [-0.4, -0.2) is 102 Å². The molecule has 2 bridgehead atoms. The summed E-state index contributed by atoms with van der Waals surface area (Å²) in [6.45, 7) is 18.6. The van der Waals surface area contributed by atoms with Gasteiger partial charge in [0.15, 0.2) is 0 Å². The second-order valence-corrected chi connectivity index (χ2v) is 19.8. The second-order valence-electron chi connectivity index (χ2n) is 17.0. The van der Waals surface area contributed by atoms with E-state index < -0.39 is 15.3 Å². The summed E-state index contributed by atoms with van der Waals surface area (Å²) in [7, 11) is -2.95. The molecule has 2 fully saturated rings. The maximum Gasteiger partial charge on any atom is 0.262 e. The Hall–Kier alpha value is -2.56. The second kappa shape index (κ2) is 15.5. The van der Waals surface area contributed by atoms with Gasteiger partial charge in [0, 0.05) is 79.7 Å². The quantitative estimate of drug-likeness (QED) is 0.260. The molecule has 1 spiro atoms. The number of carbonyl (C=O) groups excluding carboxylic acids is 1. The van der Waals surface area contributed by atoms with Crippen LogP contribution < -0.4 is 14.4 Å². The molecule has 1 amide bonds. The molecule has 0 aromatic heterocycles. The molecule has 1 unspecified atom stereocenters. The minimum atomic E-state index is -2.95. The summed E-state index contributed by atoms with van der Waals surface area (Å²) in [6.07, 6.45) is 10.7. The Kier molecular flexibility index (Phi) is 11.3. The fourth-order valence-electron chi connectivity index (χ4n) is 9.88. The summed E-state index contributed by atoms with van der Waals surface area (Å²) in [5.41, 5.74) is 3.36. The van der Waals surface area contributed by atoms with E-state index in [9.17, 15) is 9.00 Å². The van der Waals surface area contributed by atoms with Crippen LogP contribution in [0.15, 0.2) is 48.6 Å². The number of nitrogens with zero attached hydrogens (tertiary/aromatic N) is 3. The highest BCUT2D eigenvalue weighted by molar-refractivity contribution is 7.99. The lowest BCUT2D eigenvalue weighted by atomic mass is 9.63. The molecule has 1 saturated carbocycles. The molecule has 7 atom stereocenters. The average Bonchev–Trinajstić information content (AvgIpc) is 3.26. The maximum atomic E-state index is 14.1. The molecule has 1 N–H and O–H groups in total. The first-order chi connectivity index (χ1) is 25.3. The van der Waals surface area contributed by atoms with E-state index in [1.54, 1.807) is 6.07 Å². The van der Waals surface area contributed by atoms with E-state index in [2.05, 4.69) is 77.3 Å². The first-order valence-electron chi connectivity index (χ1n) is 20.1. The molecular weight excluding hydrogens is 704 g/mol. The Morgan fingerprint density at radius 3 is 2.62 bits per heavy atom. The number of hydrogen-bond acceptors (Lipinski definition) is 7. The van der Waals surface area contributed by atoms with Gasteiger partial charge in [-0.05, 0) is 131 Å². The number of halogens is 1. The van der Waals surface area contributed by atoms with Crippen molar-refractivity contribution in [1.82, 2.24) is 14.5 Å². The highest BCUT2D eigenvalue weighted by Gasteiger charge is 2.50. The van der Waals surface area contributed by atoms with Gasteiger partial charge < -0.3 is 14.4 Å². The Labute approximate surface area is 323 Å². The van der Waals surface area contributed by atoms with Crippen molar-refractivity contribution < 1.29 is 18.5 Å². The Morgan fingerprint density at radius 2 is 1.91 bits per heavy atom. The number of nitrogens with one attached hydrogen (secondary N) is 1. The van der Waals surface area contributed by atoms with Gasteiger partial charge in [-0.15, -0.1) is 0 Å². The first-order valence-corrected chi connectivity index (χ1v) is 22.3. The minimum absolute atomic E-state index is 0.0379. The van der Waals surface area contributed by atoms with Gasteiger partial charge in [-0.25, -0.2) is 4.21 Å². The highest BCUT2D eigenvalue weighted by atomic mass is 35.5. The van der Waals surface area contributed by atoms with Crippen molar-refractivity contribution in [1.29, 1.82) is 0 Å². The smallest absolute Gasteiger partial charge is 0.262 e. The van der Waals surface area contributed by atoms with E-state index in [1.807, 2.05) is 25.1 Å². The molecule has 2 aromatic rings. The summed E-state index contributed by atoms with van der Waals surface area (Å²) in [5.74, 6) is 5.27. The number of hydrogen-bond donors (Lipinski definition) is 1. The molecule has 2 aromatic carbocycles. The summed E-state index contributed by atoms with van der Waals surface area (Å²) in [6, 6.07) is 12.6. The molecule has 8 nitrogen and oxygen atoms in total. The van der Waals surface area contributed by atoms with Crippen molar-refractivity contribution in [3.05, 3.63) is 70.3 Å². The van der Waals surface area contributed by atoms with Crippen molar-refractivity contribution in [3.8, 4) is 5.75 Å². The normalized spacial score (nSPS) is 34.7. The first kappa shape index (κ1) is 38.7. The van der Waals surface area contributed by atoms with Crippen LogP contribution in [-0.2, 0) is 26.3 Å². The van der Waals surface area contributed by atoms with E-state index in [1.165, 1.54) is 11.1 Å². The third kappa shape index (κ3) is 7.80. The van der Waals surface area contributed by atoms with Gasteiger partial charge in [0.05, 0.1) is 22.0 Å².